The van der Waals surface area contributed by atoms with Gasteiger partial charge < -0.3 is 4.42 Å². The monoisotopic (exact) mass is 529 g/mol. The van der Waals surface area contributed by atoms with Crippen molar-refractivity contribution in [2.75, 3.05) is 4.90 Å². The minimum absolute atomic E-state index is 0.0280. The maximum Gasteiger partial charge on any atom is 0.297 e. The highest BCUT2D eigenvalue weighted by Gasteiger charge is 2.45. The van der Waals surface area contributed by atoms with Crippen LogP contribution in [0.25, 0.3) is 11.0 Å². The summed E-state index contributed by atoms with van der Waals surface area (Å²) < 4.78 is 20.4. The first-order valence-electron chi connectivity index (χ1n) is 11.6. The number of nitrogens with zero attached hydrogens (tertiary/aromatic N) is 3. The van der Waals surface area contributed by atoms with Crippen LogP contribution in [0.4, 0.5) is 9.52 Å². The zero-order valence-electron chi connectivity index (χ0n) is 19.9. The van der Waals surface area contributed by atoms with Crippen molar-refractivity contribution < 1.29 is 13.6 Å². The van der Waals surface area contributed by atoms with E-state index in [4.69, 9.17) is 4.42 Å². The lowest BCUT2D eigenvalue weighted by Crippen LogP contribution is -2.29. The molecule has 184 valence electrons. The van der Waals surface area contributed by atoms with Gasteiger partial charge in [0.2, 0.25) is 10.9 Å². The van der Waals surface area contributed by atoms with Crippen molar-refractivity contribution in [1.29, 1.82) is 0 Å². The summed E-state index contributed by atoms with van der Waals surface area (Å²) in [5, 5.41) is 9.33. The van der Waals surface area contributed by atoms with Crippen LogP contribution in [0.1, 0.15) is 44.4 Å². The molecule has 6 rings (SSSR count). The maximum absolute atomic E-state index is 13.8. The topological polar surface area (TPSA) is 76.3 Å². The Labute approximate surface area is 219 Å². The number of halogens is 1. The van der Waals surface area contributed by atoms with E-state index in [1.54, 1.807) is 24.3 Å². The number of benzene rings is 3. The molecule has 37 heavy (non-hydrogen) atoms. The smallest absolute Gasteiger partial charge is 0.297 e. The van der Waals surface area contributed by atoms with Crippen molar-refractivity contribution in [3.63, 3.8) is 0 Å². The number of fused-ring (bicyclic) bond motifs is 2. The van der Waals surface area contributed by atoms with Gasteiger partial charge in [0.25, 0.3) is 5.91 Å². The minimum Gasteiger partial charge on any atom is -0.450 e. The highest BCUT2D eigenvalue weighted by atomic mass is 32.2. The van der Waals surface area contributed by atoms with Gasteiger partial charge in [0.15, 0.2) is 9.77 Å². The lowest BCUT2D eigenvalue weighted by Gasteiger charge is -2.22. The Morgan fingerprint density at radius 1 is 0.973 bits per heavy atom. The molecular weight excluding hydrogens is 509 g/mol. The van der Waals surface area contributed by atoms with Crippen molar-refractivity contribution in [3.05, 3.63) is 116 Å². The third-order valence-electron chi connectivity index (χ3n) is 6.30. The average Bonchev–Trinajstić information content (AvgIpc) is 3.47. The van der Waals surface area contributed by atoms with E-state index in [1.807, 2.05) is 19.9 Å². The largest absolute Gasteiger partial charge is 0.450 e. The van der Waals surface area contributed by atoms with Crippen LogP contribution in [0.5, 0.6) is 0 Å². The van der Waals surface area contributed by atoms with Gasteiger partial charge in [-0.25, -0.2) is 4.39 Å². The van der Waals surface area contributed by atoms with Crippen LogP contribution in [-0.4, -0.2) is 16.1 Å². The van der Waals surface area contributed by atoms with Gasteiger partial charge in [-0.15, -0.1) is 10.2 Å². The van der Waals surface area contributed by atoms with Gasteiger partial charge in [-0.05, 0) is 49.2 Å². The van der Waals surface area contributed by atoms with E-state index in [1.165, 1.54) is 45.7 Å². The van der Waals surface area contributed by atoms with Crippen LogP contribution >= 0.6 is 23.1 Å². The Kier molecular flexibility index (Phi) is 5.89. The molecule has 1 aliphatic heterocycles. The van der Waals surface area contributed by atoms with Gasteiger partial charge in [0, 0.05) is 5.75 Å². The number of anilines is 1. The molecule has 1 aliphatic rings. The summed E-state index contributed by atoms with van der Waals surface area (Å²) in [6, 6.07) is 18.5. The van der Waals surface area contributed by atoms with Gasteiger partial charge in [-0.1, -0.05) is 76.7 Å². The van der Waals surface area contributed by atoms with E-state index in [9.17, 15) is 14.0 Å². The fourth-order valence-electron chi connectivity index (χ4n) is 4.43. The number of carbonyl (C=O) groups is 1. The molecule has 0 saturated heterocycles. The molecule has 6 nitrogen and oxygen atoms in total. The van der Waals surface area contributed by atoms with E-state index in [2.05, 4.69) is 34.5 Å². The predicted octanol–water partition coefficient (Wildman–Crippen LogP) is 6.44. The number of carbonyl (C=O) groups excluding carboxylic acids is 1. The summed E-state index contributed by atoms with van der Waals surface area (Å²) in [6.07, 6.45) is 0. The SMILES string of the molecule is Cc1ccc(CSc2nnc(N3C(=O)c4oc5ccc(C)cc5c(=O)c4[C@@H]3c3ccc(F)cc3)s2)cc1. The summed E-state index contributed by atoms with van der Waals surface area (Å²) in [6.45, 7) is 3.93. The molecule has 2 aromatic heterocycles. The van der Waals surface area contributed by atoms with Crippen molar-refractivity contribution in [3.8, 4) is 0 Å². The Morgan fingerprint density at radius 2 is 1.70 bits per heavy atom. The van der Waals surface area contributed by atoms with Crippen molar-refractivity contribution in [2.45, 2.75) is 30.0 Å². The van der Waals surface area contributed by atoms with E-state index in [-0.39, 0.29) is 16.8 Å². The Balaban J connectivity index is 1.42. The Morgan fingerprint density at radius 3 is 2.46 bits per heavy atom. The second kappa shape index (κ2) is 9.24. The standard InChI is InChI=1S/C28H20FN3O3S2/c1-15-3-6-17(7-4-15)14-36-28-31-30-27(37-28)32-23(18-8-10-19(29)11-9-18)22-24(33)20-13-16(2)5-12-21(20)35-25(22)26(32)34/h3-13,23H,14H2,1-2H3/t23-/m0/s1. The highest BCUT2D eigenvalue weighted by molar-refractivity contribution is 8.00. The fourth-order valence-corrected chi connectivity index (χ4v) is 6.26. The van der Waals surface area contributed by atoms with Crippen LogP contribution in [0.3, 0.4) is 0 Å². The van der Waals surface area contributed by atoms with Crippen LogP contribution in [0.2, 0.25) is 0 Å². The van der Waals surface area contributed by atoms with Gasteiger partial charge in [0.05, 0.1) is 17.0 Å². The maximum atomic E-state index is 13.8. The van der Waals surface area contributed by atoms with E-state index < -0.39 is 17.8 Å². The number of amides is 1. The second-order valence-electron chi connectivity index (χ2n) is 8.93. The summed E-state index contributed by atoms with van der Waals surface area (Å²) >= 11 is 2.79. The average molecular weight is 530 g/mol. The van der Waals surface area contributed by atoms with E-state index in [0.717, 1.165) is 11.1 Å². The molecule has 3 heterocycles. The fraction of sp³-hybridized carbons (Fsp3) is 0.143. The Hall–Kier alpha value is -3.82. The molecule has 0 unspecified atom stereocenters. The van der Waals surface area contributed by atoms with Crippen LogP contribution < -0.4 is 10.3 Å². The molecular formula is C28H20FN3O3S2. The molecule has 0 N–H and O–H groups in total. The first-order valence-corrected chi connectivity index (χ1v) is 13.4. The summed E-state index contributed by atoms with van der Waals surface area (Å²) in [4.78, 5) is 28.8. The number of rotatable bonds is 5. The number of hydrogen-bond acceptors (Lipinski definition) is 7. The normalized spacial score (nSPS) is 14.9. The second-order valence-corrected chi connectivity index (χ2v) is 11.1. The molecule has 9 heteroatoms. The molecule has 0 spiro atoms. The Bertz CT molecular complexity index is 1710. The van der Waals surface area contributed by atoms with Crippen molar-refractivity contribution in [1.82, 2.24) is 10.2 Å². The molecule has 1 amide bonds. The van der Waals surface area contributed by atoms with Crippen LogP contribution in [0.15, 0.2) is 80.3 Å². The summed E-state index contributed by atoms with van der Waals surface area (Å²) in [7, 11) is 0. The number of aryl methyl sites for hydroxylation is 2. The minimum atomic E-state index is -0.813. The van der Waals surface area contributed by atoms with Gasteiger partial charge in [-0.3, -0.25) is 14.5 Å². The molecule has 5 aromatic rings. The number of thioether (sulfide) groups is 1. The predicted molar refractivity (Wildman–Crippen MR) is 143 cm³/mol. The van der Waals surface area contributed by atoms with Crippen molar-refractivity contribution in [2.24, 2.45) is 0 Å². The first-order chi connectivity index (χ1) is 17.9. The zero-order chi connectivity index (χ0) is 25.7. The van der Waals surface area contributed by atoms with Gasteiger partial charge in [-0.2, -0.15) is 0 Å². The van der Waals surface area contributed by atoms with Gasteiger partial charge in [0.1, 0.15) is 11.4 Å². The molecule has 3 aromatic carbocycles. The number of aromatic nitrogens is 2. The highest BCUT2D eigenvalue weighted by Crippen LogP contribution is 2.43. The molecule has 0 radical (unpaired) electrons. The van der Waals surface area contributed by atoms with E-state index >= 15 is 0 Å². The summed E-state index contributed by atoms with van der Waals surface area (Å²) in [5.41, 5.74) is 4.10. The van der Waals surface area contributed by atoms with Crippen LogP contribution in [0, 0.1) is 19.7 Å². The summed E-state index contributed by atoms with van der Waals surface area (Å²) in [5.74, 6) is -0.212. The lowest BCUT2D eigenvalue weighted by atomic mass is 9.98. The quantitative estimate of drug-likeness (QED) is 0.193. The third kappa shape index (κ3) is 4.24. The lowest BCUT2D eigenvalue weighted by molar-refractivity contribution is 0.0970. The molecule has 1 atom stereocenters. The molecule has 0 fully saturated rings. The third-order valence-corrected chi connectivity index (χ3v) is 8.42. The first kappa shape index (κ1) is 23.6. The van der Waals surface area contributed by atoms with Crippen molar-refractivity contribution >= 4 is 45.1 Å². The zero-order valence-corrected chi connectivity index (χ0v) is 21.5. The molecule has 0 bridgehead atoms. The van der Waals surface area contributed by atoms with Crippen LogP contribution in [-0.2, 0) is 5.75 Å². The van der Waals surface area contributed by atoms with Gasteiger partial charge >= 0.3 is 0 Å². The molecule has 0 saturated carbocycles. The number of hydrogen-bond donors (Lipinski definition) is 0. The molecule has 0 aliphatic carbocycles. The van der Waals surface area contributed by atoms with E-state index in [0.29, 0.717) is 31.8 Å².